The number of aromatic nitrogens is 8. The quantitative estimate of drug-likeness (QED) is 0.0901. The van der Waals surface area contributed by atoms with Crippen molar-refractivity contribution in [1.29, 1.82) is 0 Å². The zero-order valence-electron chi connectivity index (χ0n) is 85.7. The number of carbonyl (C=O) groups is 1. The second-order valence-corrected chi connectivity index (χ2v) is 48.2. The van der Waals surface area contributed by atoms with Crippen molar-refractivity contribution >= 4 is 116 Å². The molecule has 0 spiro atoms. The molecule has 6 aromatic heterocycles. The Morgan fingerprint density at radius 2 is 0.449 bits per heavy atom. The van der Waals surface area contributed by atoms with Gasteiger partial charge in [0.1, 0.15) is 0 Å². The smallest absolute Gasteiger partial charge is 0.335 e. The number of H-pyrrole nitrogens is 4. The average Bonchev–Trinajstić information content (AvgIpc) is 1.57. The van der Waals surface area contributed by atoms with E-state index < -0.39 is 5.97 Å². The van der Waals surface area contributed by atoms with Crippen molar-refractivity contribution in [3.63, 3.8) is 0 Å². The van der Waals surface area contributed by atoms with E-state index in [1.165, 1.54) is 55.6 Å². The van der Waals surface area contributed by atoms with Gasteiger partial charge in [0, 0.05) is 66.8 Å². The van der Waals surface area contributed by atoms with Crippen LogP contribution in [0.15, 0.2) is 194 Å². The first-order valence-electron chi connectivity index (χ1n) is 48.3. The predicted molar refractivity (Wildman–Crippen MR) is 580 cm³/mol. The first kappa shape index (κ1) is 94.3. The molecule has 0 fully saturated rings. The Morgan fingerprint density at radius 1 is 0.235 bits per heavy atom. The summed E-state index contributed by atoms with van der Waals surface area (Å²) in [5.41, 5.74) is 36.2. The van der Waals surface area contributed by atoms with Gasteiger partial charge in [0.15, 0.2) is 0 Å². The number of carboxylic acids is 1. The Bertz CT molecular complexity index is 7260. The van der Waals surface area contributed by atoms with E-state index in [4.69, 9.17) is 19.9 Å². The molecule has 7 aromatic carbocycles. The highest BCUT2D eigenvalue weighted by molar-refractivity contribution is 6.03. The fourth-order valence-corrected chi connectivity index (χ4v) is 18.5. The van der Waals surface area contributed by atoms with E-state index in [-0.39, 0.29) is 59.7 Å². The fraction of sp³-hybridized carbons (Fsp3) is 0.320. The van der Waals surface area contributed by atoms with E-state index in [1.54, 1.807) is 12.1 Å². The monoisotopic (exact) mass is 1790 g/mol. The van der Waals surface area contributed by atoms with Gasteiger partial charge in [0.2, 0.25) is 0 Å². The lowest BCUT2D eigenvalue weighted by Gasteiger charge is -2.28. The molecule has 0 saturated carbocycles. The number of rotatable bonds is 9. The molecule has 11 nitrogen and oxygen atoms in total. The van der Waals surface area contributed by atoms with Crippen molar-refractivity contribution in [2.75, 3.05) is 4.90 Å². The summed E-state index contributed by atoms with van der Waals surface area (Å²) in [6.07, 6.45) is 17.3. The van der Waals surface area contributed by atoms with Crippen molar-refractivity contribution < 1.29 is 9.90 Å². The Kier molecular flexibility index (Phi) is 23.5. The molecule has 136 heavy (non-hydrogen) atoms. The van der Waals surface area contributed by atoms with E-state index in [9.17, 15) is 9.90 Å². The van der Waals surface area contributed by atoms with Crippen molar-refractivity contribution in [1.82, 2.24) is 39.9 Å². The van der Waals surface area contributed by atoms with Crippen LogP contribution in [0.2, 0.25) is 0 Å². The van der Waals surface area contributed by atoms with Crippen LogP contribution in [0, 0.1) is 11.8 Å². The number of fused-ring (bicyclic) bond motifs is 16. The molecule has 10 heterocycles. The van der Waals surface area contributed by atoms with E-state index in [0.717, 1.165) is 145 Å². The highest BCUT2D eigenvalue weighted by atomic mass is 16.4. The highest BCUT2D eigenvalue weighted by Crippen LogP contribution is 2.49. The molecule has 0 amide bonds. The zero-order chi connectivity index (χ0) is 97.8. The number of nitrogens with one attached hydrogen (secondary N) is 4. The number of nitrogens with zero attached hydrogens (tertiary/aromatic N) is 5. The second-order valence-electron chi connectivity index (χ2n) is 48.2. The van der Waals surface area contributed by atoms with Gasteiger partial charge in [-0.2, -0.15) is 0 Å². The number of hydrogen-bond donors (Lipinski definition) is 5. The summed E-state index contributed by atoms with van der Waals surface area (Å²) in [7, 11) is 0. The van der Waals surface area contributed by atoms with E-state index >= 15 is 0 Å². The number of hydrogen-bond acceptors (Lipinski definition) is 6. The minimum absolute atomic E-state index is 0.0964. The summed E-state index contributed by atoms with van der Waals surface area (Å²) in [6, 6.07) is 71.3. The van der Waals surface area contributed by atoms with E-state index in [2.05, 4.69) is 463 Å². The molecule has 0 aliphatic carbocycles. The summed E-state index contributed by atoms with van der Waals surface area (Å²) in [4.78, 5) is 55.3. The molecule has 4 aliphatic heterocycles. The number of carboxylic acid groups (broad SMARTS) is 1. The molecule has 4 aliphatic rings. The van der Waals surface area contributed by atoms with Gasteiger partial charge in [-0.3, -0.25) is 0 Å². The average molecular weight is 1800 g/mol. The van der Waals surface area contributed by atoms with Crippen LogP contribution in [0.1, 0.15) is 330 Å². The zero-order valence-corrected chi connectivity index (χ0v) is 85.7. The first-order chi connectivity index (χ1) is 63.5. The standard InChI is InChI=1S/C125H135N9O2/c1-116(2,3)79-35-39-89(40-36-79)134(90-41-37-80(38-42-90)117(4,5)6)114-107-59-57-105(132-107)112(77-65-85(122(19,20)21)71-86(66-77)123(22,23)24)101-51-47-95(128-101)92(96-48-52-102(129-96)113(106-58-60-108(114)133-106)78-67-87(124(25,26)27)72-88(68-78)125(28,29)30)44-43-91-93-45-49-99(126-93)110(75-61-81(118(7,8)9)69-82(62-75)119(10,11)12)103-55-53-97(130-103)109(73-31-33-74(34-32-73)115(135)136)98-54-56-104(131-98)111(100-50-46-94(91)127-100)76-63-83(120(13,14)15)70-84(64-76)121(16,17)18/h31-42,45-72,126,128,131,133H,1-30H3,(H,135,136). The number of aromatic amines is 4. The predicted octanol–water partition coefficient (Wildman–Crippen LogP) is 33.5. The van der Waals surface area contributed by atoms with Gasteiger partial charge in [0.25, 0.3) is 0 Å². The SMILES string of the molecule is CC(C)(C)c1ccc(N(c2ccc(C(C)(C)C)cc2)c2c3nc(c(-c4cc(C(C)(C)C)cc(C(C)(C)C)c4)c4ccc([nH]4)c(C#Cc4c5nc(c(-c6cc(C(C)(C)C)cc(C(C)(C)C)c6)c6ccc([nH]6)c(-c6ccc(C(=O)O)cc6)c6nc(c(-c7cc(C(C)(C)C)cc(C(C)(C)C)c7)c7ccc4[nH]7)C=C6)C=C5)c4nc(c(-c5cc(C(C)(C)C)cc(C(C)(C)C)c5)c5ccc2[nH]5)C=C4)C=C3)cc1. The van der Waals surface area contributed by atoms with Crippen LogP contribution in [0.4, 0.5) is 17.1 Å². The summed E-state index contributed by atoms with van der Waals surface area (Å²) >= 11 is 0. The fourth-order valence-electron chi connectivity index (χ4n) is 18.5. The van der Waals surface area contributed by atoms with Gasteiger partial charge in [-0.05, 0) is 271 Å². The lowest BCUT2D eigenvalue weighted by Crippen LogP contribution is -2.16. The molecule has 0 saturated heterocycles. The molecule has 17 rings (SSSR count). The van der Waals surface area contributed by atoms with Gasteiger partial charge in [-0.15, -0.1) is 0 Å². The molecule has 5 N–H and O–H groups in total. The largest absolute Gasteiger partial charge is 0.478 e. The first-order valence-corrected chi connectivity index (χ1v) is 48.3. The minimum Gasteiger partial charge on any atom is -0.478 e. The molecule has 16 bridgehead atoms. The van der Waals surface area contributed by atoms with Gasteiger partial charge in [0.05, 0.1) is 84.5 Å². The van der Waals surface area contributed by atoms with Gasteiger partial charge in [-0.1, -0.05) is 329 Å². The Hall–Kier alpha value is -13.4. The molecular formula is C125H135N9O2. The van der Waals surface area contributed by atoms with Crippen molar-refractivity contribution in [3.8, 4) is 67.5 Å². The molecule has 692 valence electrons. The third kappa shape index (κ3) is 19.0. The summed E-state index contributed by atoms with van der Waals surface area (Å²) in [5.74, 6) is 7.00. The molecule has 0 radical (unpaired) electrons. The van der Waals surface area contributed by atoms with E-state index in [1.807, 2.05) is 12.1 Å². The van der Waals surface area contributed by atoms with Gasteiger partial charge in [-0.25, -0.2) is 24.7 Å². The van der Waals surface area contributed by atoms with Crippen LogP contribution in [0.25, 0.3) is 148 Å². The second kappa shape index (κ2) is 33.8. The maximum atomic E-state index is 12.6. The lowest BCUT2D eigenvalue weighted by atomic mass is 9.78. The number of aromatic carboxylic acids is 1. The van der Waals surface area contributed by atoms with Crippen molar-refractivity contribution in [2.24, 2.45) is 0 Å². The van der Waals surface area contributed by atoms with Crippen molar-refractivity contribution in [2.45, 2.75) is 262 Å². The summed E-state index contributed by atoms with van der Waals surface area (Å²) in [5, 5.41) is 10.3. The Labute approximate surface area is 806 Å². The molecule has 0 unspecified atom stereocenters. The van der Waals surface area contributed by atoms with Gasteiger partial charge >= 0.3 is 5.97 Å². The minimum atomic E-state index is -0.998. The number of anilines is 3. The maximum absolute atomic E-state index is 12.6. The summed E-state index contributed by atoms with van der Waals surface area (Å²) < 4.78 is 0. The van der Waals surface area contributed by atoms with Crippen LogP contribution in [-0.4, -0.2) is 50.9 Å². The van der Waals surface area contributed by atoms with Crippen LogP contribution >= 0.6 is 0 Å². The van der Waals surface area contributed by atoms with Crippen molar-refractivity contribution in [3.05, 3.63) is 312 Å². The molecule has 0 atom stereocenters. The Morgan fingerprint density at radius 3 is 0.713 bits per heavy atom. The molecule has 13 aromatic rings. The maximum Gasteiger partial charge on any atom is 0.335 e. The Balaban J connectivity index is 1.05. The van der Waals surface area contributed by atoms with Crippen LogP contribution in [0.3, 0.4) is 0 Å². The molecule has 11 heteroatoms. The topological polar surface area (TPSA) is 155 Å². The normalized spacial score (nSPS) is 13.4. The van der Waals surface area contributed by atoms with Crippen LogP contribution < -0.4 is 4.90 Å². The third-order valence-electron chi connectivity index (χ3n) is 27.2. The summed E-state index contributed by atoms with van der Waals surface area (Å²) in [6.45, 7) is 68.7. The van der Waals surface area contributed by atoms with E-state index in [0.29, 0.717) is 28.2 Å². The number of benzene rings is 7. The van der Waals surface area contributed by atoms with Crippen LogP contribution in [-0.2, 0) is 54.1 Å². The van der Waals surface area contributed by atoms with Gasteiger partial charge < -0.3 is 29.9 Å². The van der Waals surface area contributed by atoms with Crippen LogP contribution in [0.5, 0.6) is 0 Å². The molecular weight excluding hydrogens is 1660 g/mol. The third-order valence-corrected chi connectivity index (χ3v) is 27.2. The lowest BCUT2D eigenvalue weighted by molar-refractivity contribution is 0.0696. The highest BCUT2D eigenvalue weighted by Gasteiger charge is 2.33.